The van der Waals surface area contributed by atoms with Crippen molar-refractivity contribution in [3.8, 4) is 0 Å². The van der Waals surface area contributed by atoms with Crippen LogP contribution in [0.3, 0.4) is 0 Å². The minimum atomic E-state index is -1.10. The molecule has 1 unspecified atom stereocenters. The predicted molar refractivity (Wildman–Crippen MR) is 122 cm³/mol. The summed E-state index contributed by atoms with van der Waals surface area (Å²) in [6, 6.07) is 7.97. The summed E-state index contributed by atoms with van der Waals surface area (Å²) in [4.78, 5) is 27.5. The van der Waals surface area contributed by atoms with Crippen LogP contribution in [0.1, 0.15) is 66.0 Å². The van der Waals surface area contributed by atoms with E-state index in [1.165, 1.54) is 5.56 Å². The predicted octanol–water partition coefficient (Wildman–Crippen LogP) is 4.59. The van der Waals surface area contributed by atoms with Gasteiger partial charge in [-0.1, -0.05) is 31.2 Å². The van der Waals surface area contributed by atoms with Gasteiger partial charge in [0.2, 0.25) is 0 Å². The Morgan fingerprint density at radius 3 is 1.87 bits per heavy atom. The largest absolute Gasteiger partial charge is 0.464 e. The first-order valence-electron chi connectivity index (χ1n) is 10.9. The van der Waals surface area contributed by atoms with Gasteiger partial charge in [-0.15, -0.1) is 0 Å². The molecule has 176 valence electrons. The standard InChI is InChI=1S/C25H41NO5/c1-10-24(5,6)21(27)30-17-25(7,18-31-23(2,3)4)22(28)29-16-20-13-11-19(12-14-20)15-26(8)9/h11-14H,10,15-18H2,1-9H3. The van der Waals surface area contributed by atoms with Gasteiger partial charge in [-0.05, 0) is 73.2 Å². The van der Waals surface area contributed by atoms with Crippen LogP contribution in [0.4, 0.5) is 0 Å². The number of benzene rings is 1. The summed E-state index contributed by atoms with van der Waals surface area (Å²) >= 11 is 0. The normalized spacial score (nSPS) is 14.3. The Morgan fingerprint density at radius 1 is 0.839 bits per heavy atom. The van der Waals surface area contributed by atoms with E-state index in [1.807, 2.05) is 79.9 Å². The van der Waals surface area contributed by atoms with Crippen LogP contribution in [0.2, 0.25) is 0 Å². The minimum Gasteiger partial charge on any atom is -0.464 e. The van der Waals surface area contributed by atoms with Crippen LogP contribution in [-0.2, 0) is 37.0 Å². The first kappa shape index (κ1) is 27.1. The average Bonchev–Trinajstić information content (AvgIpc) is 2.68. The molecule has 0 saturated heterocycles. The van der Waals surface area contributed by atoms with Crippen molar-refractivity contribution in [3.05, 3.63) is 35.4 Å². The van der Waals surface area contributed by atoms with Gasteiger partial charge in [0.25, 0.3) is 0 Å². The number of esters is 2. The average molecular weight is 436 g/mol. The van der Waals surface area contributed by atoms with Gasteiger partial charge in [0.15, 0.2) is 0 Å². The van der Waals surface area contributed by atoms with Crippen LogP contribution in [-0.4, -0.2) is 49.7 Å². The summed E-state index contributed by atoms with van der Waals surface area (Å²) in [5, 5.41) is 0. The molecule has 0 saturated carbocycles. The van der Waals surface area contributed by atoms with Gasteiger partial charge in [-0.3, -0.25) is 9.59 Å². The highest BCUT2D eigenvalue weighted by Gasteiger charge is 2.40. The molecule has 0 fully saturated rings. The lowest BCUT2D eigenvalue weighted by molar-refractivity contribution is -0.175. The molecule has 0 N–H and O–H groups in total. The van der Waals surface area contributed by atoms with Gasteiger partial charge >= 0.3 is 11.9 Å². The molecule has 0 amide bonds. The van der Waals surface area contributed by atoms with E-state index >= 15 is 0 Å². The molecule has 31 heavy (non-hydrogen) atoms. The van der Waals surface area contributed by atoms with E-state index < -0.39 is 22.4 Å². The molecule has 0 radical (unpaired) electrons. The Labute approximate surface area is 188 Å². The van der Waals surface area contributed by atoms with Crippen molar-refractivity contribution in [1.29, 1.82) is 0 Å². The molecule has 6 heteroatoms. The molecule has 1 atom stereocenters. The van der Waals surface area contributed by atoms with Crippen molar-refractivity contribution in [1.82, 2.24) is 4.90 Å². The van der Waals surface area contributed by atoms with Gasteiger partial charge in [0.05, 0.1) is 17.6 Å². The van der Waals surface area contributed by atoms with Crippen molar-refractivity contribution >= 4 is 11.9 Å². The highest BCUT2D eigenvalue weighted by molar-refractivity contribution is 5.79. The third-order valence-electron chi connectivity index (χ3n) is 5.17. The molecule has 0 spiro atoms. The minimum absolute atomic E-state index is 0.0913. The summed E-state index contributed by atoms with van der Waals surface area (Å²) in [6.07, 6.45) is 0.648. The van der Waals surface area contributed by atoms with E-state index in [0.717, 1.165) is 12.1 Å². The van der Waals surface area contributed by atoms with Crippen molar-refractivity contribution in [2.45, 2.75) is 73.6 Å². The second-order valence-corrected chi connectivity index (χ2v) is 10.4. The maximum absolute atomic E-state index is 13.0. The van der Waals surface area contributed by atoms with E-state index in [-0.39, 0.29) is 25.8 Å². The molecule has 0 bridgehead atoms. The quantitative estimate of drug-likeness (QED) is 0.474. The third-order valence-corrected chi connectivity index (χ3v) is 5.17. The van der Waals surface area contributed by atoms with Gasteiger partial charge in [-0.2, -0.15) is 0 Å². The molecular formula is C25H41NO5. The second-order valence-electron chi connectivity index (χ2n) is 10.4. The monoisotopic (exact) mass is 435 g/mol. The Balaban J connectivity index is 2.83. The van der Waals surface area contributed by atoms with Gasteiger partial charge in [-0.25, -0.2) is 0 Å². The van der Waals surface area contributed by atoms with Crippen molar-refractivity contribution in [2.24, 2.45) is 10.8 Å². The molecule has 6 nitrogen and oxygen atoms in total. The SMILES string of the molecule is CCC(C)(C)C(=O)OCC(C)(COC(C)(C)C)C(=O)OCc1ccc(CN(C)C)cc1. The fraction of sp³-hybridized carbons (Fsp3) is 0.680. The van der Waals surface area contributed by atoms with Crippen molar-refractivity contribution in [2.75, 3.05) is 27.3 Å². The molecule has 0 aliphatic carbocycles. The lowest BCUT2D eigenvalue weighted by Gasteiger charge is -2.32. The summed E-state index contributed by atoms with van der Waals surface area (Å²) in [7, 11) is 4.04. The lowest BCUT2D eigenvalue weighted by Crippen LogP contribution is -2.43. The van der Waals surface area contributed by atoms with Gasteiger partial charge in [0.1, 0.15) is 18.6 Å². The number of nitrogens with zero attached hydrogens (tertiary/aromatic N) is 1. The smallest absolute Gasteiger partial charge is 0.317 e. The lowest BCUT2D eigenvalue weighted by atomic mass is 9.89. The maximum atomic E-state index is 13.0. The molecule has 1 aromatic rings. The summed E-state index contributed by atoms with van der Waals surface area (Å²) < 4.78 is 17.0. The Hall–Kier alpha value is -1.92. The number of carbonyl (C=O) groups is 2. The highest BCUT2D eigenvalue weighted by atomic mass is 16.6. The first-order valence-corrected chi connectivity index (χ1v) is 10.9. The third kappa shape index (κ3) is 9.40. The van der Waals surface area contributed by atoms with E-state index in [2.05, 4.69) is 4.90 Å². The zero-order chi connectivity index (χ0) is 23.9. The molecule has 1 rings (SSSR count). The Kier molecular flexibility index (Phi) is 9.70. The maximum Gasteiger partial charge on any atom is 0.317 e. The molecule has 0 heterocycles. The fourth-order valence-corrected chi connectivity index (χ4v) is 2.53. The van der Waals surface area contributed by atoms with Gasteiger partial charge < -0.3 is 19.1 Å². The zero-order valence-corrected chi connectivity index (χ0v) is 20.8. The van der Waals surface area contributed by atoms with Crippen molar-refractivity contribution < 1.29 is 23.8 Å². The van der Waals surface area contributed by atoms with E-state index in [4.69, 9.17) is 14.2 Å². The van der Waals surface area contributed by atoms with Crippen LogP contribution in [0, 0.1) is 10.8 Å². The van der Waals surface area contributed by atoms with E-state index in [0.29, 0.717) is 6.42 Å². The molecule has 1 aromatic carbocycles. The van der Waals surface area contributed by atoms with Crippen LogP contribution < -0.4 is 0 Å². The number of hydrogen-bond donors (Lipinski definition) is 0. The van der Waals surface area contributed by atoms with E-state index in [9.17, 15) is 9.59 Å². The number of ether oxygens (including phenoxy) is 3. The Morgan fingerprint density at radius 2 is 1.39 bits per heavy atom. The number of hydrogen-bond acceptors (Lipinski definition) is 6. The van der Waals surface area contributed by atoms with Crippen LogP contribution in [0.15, 0.2) is 24.3 Å². The number of rotatable bonds is 11. The van der Waals surface area contributed by atoms with Crippen LogP contribution >= 0.6 is 0 Å². The zero-order valence-electron chi connectivity index (χ0n) is 20.8. The van der Waals surface area contributed by atoms with Gasteiger partial charge in [0, 0.05) is 6.54 Å². The topological polar surface area (TPSA) is 65.1 Å². The fourth-order valence-electron chi connectivity index (χ4n) is 2.53. The number of carbonyl (C=O) groups excluding carboxylic acids is 2. The van der Waals surface area contributed by atoms with E-state index in [1.54, 1.807) is 6.92 Å². The van der Waals surface area contributed by atoms with Crippen LogP contribution in [0.5, 0.6) is 0 Å². The Bertz CT molecular complexity index is 718. The summed E-state index contributed by atoms with van der Waals surface area (Å²) in [5.74, 6) is -0.780. The van der Waals surface area contributed by atoms with Crippen LogP contribution in [0.25, 0.3) is 0 Å². The van der Waals surface area contributed by atoms with Crippen molar-refractivity contribution in [3.63, 3.8) is 0 Å². The summed E-state index contributed by atoms with van der Waals surface area (Å²) in [5.41, 5.74) is -0.0500. The molecule has 0 aliphatic rings. The first-order chi connectivity index (χ1) is 14.2. The summed E-state index contributed by atoms with van der Waals surface area (Å²) in [6.45, 7) is 14.1. The molecule has 0 aromatic heterocycles. The second kappa shape index (κ2) is 11.1. The molecule has 0 aliphatic heterocycles. The highest BCUT2D eigenvalue weighted by Crippen LogP contribution is 2.27. The molecular weight excluding hydrogens is 394 g/mol.